The van der Waals surface area contributed by atoms with E-state index in [0.717, 1.165) is 39.3 Å². The van der Waals surface area contributed by atoms with Crippen molar-refractivity contribution in [2.45, 2.75) is 63.9 Å². The Hall–Kier alpha value is -3.27. The quantitative estimate of drug-likeness (QED) is 0.463. The average Bonchev–Trinajstić information content (AvgIpc) is 3.22. The lowest BCUT2D eigenvalue weighted by molar-refractivity contribution is -0.132. The van der Waals surface area contributed by atoms with Crippen LogP contribution in [0.25, 0.3) is 0 Å². The summed E-state index contributed by atoms with van der Waals surface area (Å²) < 4.78 is 6.66. The predicted molar refractivity (Wildman–Crippen MR) is 136 cm³/mol. The van der Waals surface area contributed by atoms with Crippen LogP contribution in [-0.2, 0) is 21.2 Å². The third-order valence-electron chi connectivity index (χ3n) is 7.28. The van der Waals surface area contributed by atoms with Gasteiger partial charge in [-0.15, -0.1) is 0 Å². The number of ether oxygens (including phenoxy) is 1. The van der Waals surface area contributed by atoms with E-state index in [1.807, 2.05) is 49.5 Å². The summed E-state index contributed by atoms with van der Waals surface area (Å²) in [6, 6.07) is 20.0. The number of carbonyl (C=O) groups excluding carboxylic acids is 1. The smallest absolute Gasteiger partial charge is 0.276 e. The first kappa shape index (κ1) is 22.5. The molecule has 2 heterocycles. The van der Waals surface area contributed by atoms with Crippen LogP contribution < -0.4 is 9.64 Å². The largest absolute Gasteiger partial charge is 0.507 e. The summed E-state index contributed by atoms with van der Waals surface area (Å²) in [5.41, 5.74) is 3.74. The zero-order valence-electron chi connectivity index (χ0n) is 21.1. The molecule has 176 valence electrons. The van der Waals surface area contributed by atoms with Crippen LogP contribution in [0.5, 0.6) is 11.5 Å². The predicted octanol–water partition coefficient (Wildman–Crippen LogP) is 6.38. The number of anilines is 1. The molecule has 0 bridgehead atoms. The Morgan fingerprint density at radius 3 is 2.06 bits per heavy atom. The molecule has 0 saturated heterocycles. The van der Waals surface area contributed by atoms with Gasteiger partial charge in [0.2, 0.25) is 5.60 Å². The van der Waals surface area contributed by atoms with Gasteiger partial charge in [0.15, 0.2) is 0 Å². The molecule has 0 aliphatic carbocycles. The Balaban J connectivity index is 1.86. The molecule has 1 spiro atoms. The molecule has 0 aromatic heterocycles. The molecule has 1 N–H and O–H groups in total. The third-order valence-corrected chi connectivity index (χ3v) is 7.28. The molecule has 3 aromatic carbocycles. The Labute approximate surface area is 202 Å². The second-order valence-electron chi connectivity index (χ2n) is 11.7. The highest BCUT2D eigenvalue weighted by molar-refractivity contribution is 6.08. The van der Waals surface area contributed by atoms with E-state index in [2.05, 4.69) is 59.7 Å². The van der Waals surface area contributed by atoms with Gasteiger partial charge >= 0.3 is 0 Å². The Bertz CT molecular complexity index is 1280. The van der Waals surface area contributed by atoms with Crippen molar-refractivity contribution in [2.24, 2.45) is 0 Å². The molecule has 2 aliphatic rings. The summed E-state index contributed by atoms with van der Waals surface area (Å²) in [5, 5.41) is 11.3. The molecule has 4 nitrogen and oxygen atoms in total. The van der Waals surface area contributed by atoms with Gasteiger partial charge in [-0.05, 0) is 39.7 Å². The Morgan fingerprint density at radius 1 is 0.882 bits per heavy atom. The number of hydrogen-bond acceptors (Lipinski definition) is 3. The first-order valence-electron chi connectivity index (χ1n) is 11.9. The molecule has 0 unspecified atom stereocenters. The van der Waals surface area contributed by atoms with Crippen LogP contribution in [0.3, 0.4) is 0 Å². The SMILES string of the molecule is CN1C(=O)[C@]2(Oc3ccccc3[C@H]2c2cc(C(C)(C)C)c(O)c(C(C)(C)C)c2)c2ccccc21. The van der Waals surface area contributed by atoms with Crippen LogP contribution in [0.1, 0.15) is 75.3 Å². The van der Waals surface area contributed by atoms with Gasteiger partial charge < -0.3 is 14.7 Å². The lowest BCUT2D eigenvalue weighted by Crippen LogP contribution is -2.45. The van der Waals surface area contributed by atoms with Crippen molar-refractivity contribution >= 4 is 11.6 Å². The number of hydrogen-bond donors (Lipinski definition) is 1. The van der Waals surface area contributed by atoms with Gasteiger partial charge in [0.05, 0.1) is 11.6 Å². The fraction of sp³-hybridized carbons (Fsp3) is 0.367. The average molecular weight is 456 g/mol. The van der Waals surface area contributed by atoms with Crippen molar-refractivity contribution in [2.75, 3.05) is 11.9 Å². The van der Waals surface area contributed by atoms with Crippen LogP contribution in [0, 0.1) is 0 Å². The third kappa shape index (κ3) is 3.01. The summed E-state index contributed by atoms with van der Waals surface area (Å²) in [6.07, 6.45) is 0. The summed E-state index contributed by atoms with van der Waals surface area (Å²) in [5.74, 6) is 0.650. The van der Waals surface area contributed by atoms with Gasteiger partial charge in [-0.25, -0.2) is 0 Å². The number of phenols is 1. The molecule has 0 radical (unpaired) electrons. The minimum Gasteiger partial charge on any atom is -0.507 e. The first-order valence-corrected chi connectivity index (χ1v) is 11.9. The second kappa shape index (κ2) is 7.11. The molecule has 0 fully saturated rings. The minimum atomic E-state index is -1.18. The highest BCUT2D eigenvalue weighted by Gasteiger charge is 2.62. The normalized spacial score (nSPS) is 21.6. The van der Waals surface area contributed by atoms with E-state index in [-0.39, 0.29) is 22.7 Å². The van der Waals surface area contributed by atoms with Crippen molar-refractivity contribution in [1.29, 1.82) is 0 Å². The number of phenolic OH excluding ortho intramolecular Hbond substituents is 1. The minimum absolute atomic E-state index is 0.0717. The number of carbonyl (C=O) groups is 1. The number of benzene rings is 3. The molecule has 34 heavy (non-hydrogen) atoms. The molecule has 2 atom stereocenters. The van der Waals surface area contributed by atoms with Crippen LogP contribution in [0.15, 0.2) is 60.7 Å². The maximum Gasteiger partial charge on any atom is 0.276 e. The summed E-state index contributed by atoms with van der Waals surface area (Å²) in [7, 11) is 1.82. The van der Waals surface area contributed by atoms with Crippen molar-refractivity contribution in [3.05, 3.63) is 88.5 Å². The van der Waals surface area contributed by atoms with E-state index < -0.39 is 5.60 Å². The Morgan fingerprint density at radius 2 is 1.44 bits per heavy atom. The highest BCUT2D eigenvalue weighted by atomic mass is 16.5. The monoisotopic (exact) mass is 455 g/mol. The van der Waals surface area contributed by atoms with Crippen molar-refractivity contribution in [3.8, 4) is 11.5 Å². The number of likely N-dealkylation sites (N-methyl/N-ethyl adjacent to an activating group) is 1. The molecule has 4 heteroatoms. The van der Waals surface area contributed by atoms with Crippen LogP contribution in [0.4, 0.5) is 5.69 Å². The van der Waals surface area contributed by atoms with E-state index in [9.17, 15) is 9.90 Å². The lowest BCUT2D eigenvalue weighted by atomic mass is 9.71. The number of aromatic hydroxyl groups is 1. The highest BCUT2D eigenvalue weighted by Crippen LogP contribution is 2.59. The van der Waals surface area contributed by atoms with Gasteiger partial charge in [-0.3, -0.25) is 4.79 Å². The standard InChI is InChI=1S/C30H33NO3/c1-28(2,3)21-16-18(17-22(26(21)32)29(4,5)6)25-19-12-8-11-15-24(19)34-30(25)20-13-9-10-14-23(20)31(7)27(30)33/h8-17,25,32H,1-7H3/t25-,30+/m1/s1. The Kier molecular flexibility index (Phi) is 4.71. The van der Waals surface area contributed by atoms with E-state index in [1.54, 1.807) is 4.90 Å². The molecular weight excluding hydrogens is 422 g/mol. The number of rotatable bonds is 1. The number of nitrogens with zero attached hydrogens (tertiary/aromatic N) is 1. The van der Waals surface area contributed by atoms with E-state index >= 15 is 0 Å². The molecule has 2 aliphatic heterocycles. The molecule has 1 amide bonds. The molecule has 5 rings (SSSR count). The van der Waals surface area contributed by atoms with Gasteiger partial charge in [0, 0.05) is 18.2 Å². The topological polar surface area (TPSA) is 49.8 Å². The van der Waals surface area contributed by atoms with Crippen LogP contribution in [0.2, 0.25) is 0 Å². The lowest BCUT2D eigenvalue weighted by Gasteiger charge is -2.33. The molecule has 3 aromatic rings. The van der Waals surface area contributed by atoms with E-state index in [0.29, 0.717) is 5.75 Å². The summed E-state index contributed by atoms with van der Waals surface area (Å²) in [6.45, 7) is 12.6. The van der Waals surface area contributed by atoms with Crippen LogP contribution >= 0.6 is 0 Å². The van der Waals surface area contributed by atoms with E-state index in [4.69, 9.17) is 4.74 Å². The van der Waals surface area contributed by atoms with Gasteiger partial charge in [0.25, 0.3) is 5.91 Å². The zero-order chi connectivity index (χ0) is 24.6. The van der Waals surface area contributed by atoms with Crippen molar-refractivity contribution in [3.63, 3.8) is 0 Å². The fourth-order valence-electron chi connectivity index (χ4n) is 5.58. The molecular formula is C30H33NO3. The van der Waals surface area contributed by atoms with E-state index in [1.165, 1.54) is 0 Å². The number of amides is 1. The second-order valence-corrected chi connectivity index (χ2v) is 11.7. The maximum absolute atomic E-state index is 14.0. The van der Waals surface area contributed by atoms with Crippen molar-refractivity contribution in [1.82, 2.24) is 0 Å². The fourth-order valence-corrected chi connectivity index (χ4v) is 5.58. The first-order chi connectivity index (χ1) is 15.9. The number of fused-ring (bicyclic) bond motifs is 3. The van der Waals surface area contributed by atoms with Crippen LogP contribution in [-0.4, -0.2) is 18.1 Å². The van der Waals surface area contributed by atoms with Crippen molar-refractivity contribution < 1.29 is 14.6 Å². The summed E-state index contributed by atoms with van der Waals surface area (Å²) >= 11 is 0. The van der Waals surface area contributed by atoms with Gasteiger partial charge in [0.1, 0.15) is 11.5 Å². The molecule has 0 saturated carbocycles. The maximum atomic E-state index is 14.0. The number of para-hydroxylation sites is 2. The van der Waals surface area contributed by atoms with Gasteiger partial charge in [-0.1, -0.05) is 90.1 Å². The summed E-state index contributed by atoms with van der Waals surface area (Å²) in [4.78, 5) is 15.7. The zero-order valence-corrected chi connectivity index (χ0v) is 21.1. The van der Waals surface area contributed by atoms with Gasteiger partial charge in [-0.2, -0.15) is 0 Å².